The quantitative estimate of drug-likeness (QED) is 0.791. The summed E-state index contributed by atoms with van der Waals surface area (Å²) >= 11 is 0. The van der Waals surface area contributed by atoms with E-state index in [9.17, 15) is 4.79 Å². The van der Waals surface area contributed by atoms with E-state index in [1.807, 2.05) is 53.9 Å². The van der Waals surface area contributed by atoms with Gasteiger partial charge in [-0.1, -0.05) is 6.07 Å². The number of nitrogens with zero attached hydrogens (tertiary/aromatic N) is 4. The molecular formula is C17H19N5O. The molecule has 0 aromatic carbocycles. The van der Waals surface area contributed by atoms with Gasteiger partial charge in [0, 0.05) is 30.8 Å². The maximum atomic E-state index is 12.9. The number of fused-ring (bicyclic) bond motifs is 1. The highest BCUT2D eigenvalue weighted by molar-refractivity contribution is 5.93. The first-order valence-corrected chi connectivity index (χ1v) is 7.89. The molecule has 0 spiro atoms. The Hall–Kier alpha value is -2.63. The van der Waals surface area contributed by atoms with Crippen LogP contribution in [0, 0.1) is 13.8 Å². The van der Waals surface area contributed by atoms with Crippen molar-refractivity contribution >= 4 is 11.6 Å². The third-order valence-electron chi connectivity index (χ3n) is 4.37. The molecule has 1 atom stereocenters. The second-order valence-electron chi connectivity index (χ2n) is 6.21. The third kappa shape index (κ3) is 2.40. The number of rotatable bonds is 2. The predicted octanol–water partition coefficient (Wildman–Crippen LogP) is 2.65. The van der Waals surface area contributed by atoms with Crippen LogP contribution in [0.25, 0.3) is 5.65 Å². The predicted molar refractivity (Wildman–Crippen MR) is 86.3 cm³/mol. The summed E-state index contributed by atoms with van der Waals surface area (Å²) in [5.74, 6) is 0.843. The fourth-order valence-electron chi connectivity index (χ4n) is 3.25. The van der Waals surface area contributed by atoms with Crippen LogP contribution in [0.5, 0.6) is 0 Å². The average Bonchev–Trinajstić information content (AvgIpc) is 3.23. The van der Waals surface area contributed by atoms with Gasteiger partial charge >= 0.3 is 0 Å². The fraction of sp³-hybridized carbons (Fsp3) is 0.353. The molecule has 6 heteroatoms. The van der Waals surface area contributed by atoms with Gasteiger partial charge in [0.1, 0.15) is 17.2 Å². The van der Waals surface area contributed by atoms with Crippen LogP contribution >= 0.6 is 0 Å². The minimum absolute atomic E-state index is 0.0164. The summed E-state index contributed by atoms with van der Waals surface area (Å²) in [6.07, 6.45) is 7.53. The normalized spacial score (nSPS) is 18.0. The molecule has 1 aliphatic rings. The van der Waals surface area contributed by atoms with Crippen LogP contribution in [-0.2, 0) is 0 Å². The first kappa shape index (κ1) is 14.0. The number of imidazole rings is 2. The Labute approximate surface area is 134 Å². The molecule has 0 saturated carbocycles. The van der Waals surface area contributed by atoms with Gasteiger partial charge in [0.2, 0.25) is 0 Å². The number of aromatic amines is 1. The van der Waals surface area contributed by atoms with Gasteiger partial charge < -0.3 is 14.3 Å². The Morgan fingerprint density at radius 1 is 1.30 bits per heavy atom. The van der Waals surface area contributed by atoms with Crippen molar-refractivity contribution in [2.45, 2.75) is 32.7 Å². The van der Waals surface area contributed by atoms with E-state index in [1.54, 1.807) is 0 Å². The van der Waals surface area contributed by atoms with E-state index in [2.05, 4.69) is 15.0 Å². The van der Waals surface area contributed by atoms with E-state index < -0.39 is 0 Å². The Bertz CT molecular complexity index is 878. The minimum atomic E-state index is -0.0251. The van der Waals surface area contributed by atoms with Crippen molar-refractivity contribution in [3.63, 3.8) is 0 Å². The lowest BCUT2D eigenvalue weighted by molar-refractivity contribution is 0.0725. The van der Waals surface area contributed by atoms with Gasteiger partial charge in [-0.3, -0.25) is 4.79 Å². The Balaban J connectivity index is 1.66. The molecule has 0 radical (unpaired) electrons. The Morgan fingerprint density at radius 2 is 2.17 bits per heavy atom. The van der Waals surface area contributed by atoms with E-state index in [0.29, 0.717) is 5.69 Å². The number of nitrogens with one attached hydrogen (secondary N) is 1. The summed E-state index contributed by atoms with van der Waals surface area (Å²) in [4.78, 5) is 26.9. The standard InChI is InChI=1S/C17H19N5O/c1-11-5-6-15-20-13(10-21(15)9-11)17(23)22-7-3-4-14(22)16-18-8-12(2)19-16/h5-6,8-10,14H,3-4,7H2,1-2H3,(H,18,19)/t14-/m1/s1. The van der Waals surface area contributed by atoms with E-state index in [4.69, 9.17) is 0 Å². The monoisotopic (exact) mass is 309 g/mol. The largest absolute Gasteiger partial charge is 0.344 e. The molecule has 3 aromatic heterocycles. The first-order valence-electron chi connectivity index (χ1n) is 7.89. The van der Waals surface area contributed by atoms with Crippen molar-refractivity contribution in [2.75, 3.05) is 6.54 Å². The number of carbonyl (C=O) groups excluding carboxylic acids is 1. The summed E-state index contributed by atoms with van der Waals surface area (Å²) < 4.78 is 1.91. The van der Waals surface area contributed by atoms with Crippen LogP contribution in [-0.4, -0.2) is 36.7 Å². The molecule has 1 fully saturated rings. The van der Waals surface area contributed by atoms with Gasteiger partial charge in [-0.05, 0) is 38.3 Å². The highest BCUT2D eigenvalue weighted by Gasteiger charge is 2.33. The fourth-order valence-corrected chi connectivity index (χ4v) is 3.25. The molecule has 4 heterocycles. The Kier molecular flexibility index (Phi) is 3.18. The topological polar surface area (TPSA) is 66.3 Å². The number of H-pyrrole nitrogens is 1. The highest BCUT2D eigenvalue weighted by Crippen LogP contribution is 2.31. The molecule has 1 amide bonds. The van der Waals surface area contributed by atoms with Crippen molar-refractivity contribution in [1.29, 1.82) is 0 Å². The third-order valence-corrected chi connectivity index (χ3v) is 4.37. The number of amides is 1. The van der Waals surface area contributed by atoms with Crippen molar-refractivity contribution < 1.29 is 4.79 Å². The van der Waals surface area contributed by atoms with Crippen molar-refractivity contribution in [3.05, 3.63) is 53.5 Å². The van der Waals surface area contributed by atoms with Gasteiger partial charge in [0.05, 0.1) is 6.04 Å². The molecule has 1 N–H and O–H groups in total. The average molecular weight is 309 g/mol. The van der Waals surface area contributed by atoms with E-state index in [1.165, 1.54) is 0 Å². The van der Waals surface area contributed by atoms with Crippen LogP contribution in [0.4, 0.5) is 0 Å². The molecule has 3 aromatic rings. The smallest absolute Gasteiger partial charge is 0.274 e. The molecule has 1 aliphatic heterocycles. The lowest BCUT2D eigenvalue weighted by Crippen LogP contribution is -2.31. The summed E-state index contributed by atoms with van der Waals surface area (Å²) in [5, 5.41) is 0. The van der Waals surface area contributed by atoms with Gasteiger partial charge in [0.15, 0.2) is 0 Å². The molecular weight excluding hydrogens is 290 g/mol. The number of hydrogen-bond acceptors (Lipinski definition) is 3. The lowest BCUT2D eigenvalue weighted by atomic mass is 10.2. The van der Waals surface area contributed by atoms with Gasteiger partial charge in [-0.15, -0.1) is 0 Å². The zero-order chi connectivity index (χ0) is 16.0. The maximum Gasteiger partial charge on any atom is 0.274 e. The van der Waals surface area contributed by atoms with Gasteiger partial charge in [-0.2, -0.15) is 0 Å². The van der Waals surface area contributed by atoms with Gasteiger partial charge in [-0.25, -0.2) is 9.97 Å². The second kappa shape index (κ2) is 5.22. The summed E-state index contributed by atoms with van der Waals surface area (Å²) in [7, 11) is 0. The molecule has 4 rings (SSSR count). The number of carbonyl (C=O) groups is 1. The van der Waals surface area contributed by atoms with Crippen LogP contribution in [0.2, 0.25) is 0 Å². The summed E-state index contributed by atoms with van der Waals surface area (Å²) in [5.41, 5.74) is 3.44. The first-order chi connectivity index (χ1) is 11.1. The molecule has 0 aliphatic carbocycles. The number of hydrogen-bond donors (Lipinski definition) is 1. The van der Waals surface area contributed by atoms with Crippen LogP contribution in [0.3, 0.4) is 0 Å². The zero-order valence-corrected chi connectivity index (χ0v) is 13.3. The molecule has 118 valence electrons. The highest BCUT2D eigenvalue weighted by atomic mass is 16.2. The number of likely N-dealkylation sites (tertiary alicyclic amines) is 1. The maximum absolute atomic E-state index is 12.9. The van der Waals surface area contributed by atoms with Crippen LogP contribution in [0.1, 0.15) is 46.5 Å². The van der Waals surface area contributed by atoms with Crippen LogP contribution in [0.15, 0.2) is 30.7 Å². The van der Waals surface area contributed by atoms with Crippen molar-refractivity contribution in [2.24, 2.45) is 0 Å². The van der Waals surface area contributed by atoms with E-state index in [0.717, 1.165) is 42.1 Å². The van der Waals surface area contributed by atoms with Crippen molar-refractivity contribution in [1.82, 2.24) is 24.3 Å². The van der Waals surface area contributed by atoms with Crippen LogP contribution < -0.4 is 0 Å². The molecule has 0 bridgehead atoms. The zero-order valence-electron chi connectivity index (χ0n) is 13.3. The van der Waals surface area contributed by atoms with Gasteiger partial charge in [0.25, 0.3) is 5.91 Å². The molecule has 23 heavy (non-hydrogen) atoms. The second-order valence-corrected chi connectivity index (χ2v) is 6.21. The van der Waals surface area contributed by atoms with Crippen molar-refractivity contribution in [3.8, 4) is 0 Å². The van der Waals surface area contributed by atoms with E-state index in [-0.39, 0.29) is 11.9 Å². The lowest BCUT2D eigenvalue weighted by Gasteiger charge is -2.22. The minimum Gasteiger partial charge on any atom is -0.344 e. The Morgan fingerprint density at radius 3 is 2.96 bits per heavy atom. The number of aryl methyl sites for hydroxylation is 2. The molecule has 1 saturated heterocycles. The summed E-state index contributed by atoms with van der Waals surface area (Å²) in [6.45, 7) is 4.74. The number of aromatic nitrogens is 4. The molecule has 6 nitrogen and oxygen atoms in total. The number of pyridine rings is 1. The SMILES string of the molecule is Cc1ccc2nc(C(=O)N3CCC[C@@H]3c3ncc(C)[nH]3)cn2c1. The summed E-state index contributed by atoms with van der Waals surface area (Å²) in [6, 6.07) is 3.95. The molecule has 0 unspecified atom stereocenters. The van der Waals surface area contributed by atoms with E-state index >= 15 is 0 Å².